The van der Waals surface area contributed by atoms with Gasteiger partial charge in [0.05, 0.1) is 6.04 Å². The molecule has 2 aromatic carbocycles. The average Bonchev–Trinajstić information content (AvgIpc) is 2.83. The lowest BCUT2D eigenvalue weighted by Gasteiger charge is -2.47. The summed E-state index contributed by atoms with van der Waals surface area (Å²) in [6.45, 7) is 23.4. The summed E-state index contributed by atoms with van der Waals surface area (Å²) in [7, 11) is 0.217. The highest BCUT2D eigenvalue weighted by molar-refractivity contribution is 6.74. The van der Waals surface area contributed by atoms with E-state index in [1.165, 1.54) is 5.56 Å². The zero-order valence-corrected chi connectivity index (χ0v) is 25.8. The summed E-state index contributed by atoms with van der Waals surface area (Å²) < 4.78 is 6.73. The molecule has 5 nitrogen and oxygen atoms in total. The van der Waals surface area contributed by atoms with Crippen LogP contribution in [0.5, 0.6) is 5.75 Å². The molecule has 1 aliphatic rings. The lowest BCUT2D eigenvalue weighted by Crippen LogP contribution is -2.56. The van der Waals surface area contributed by atoms with Gasteiger partial charge in [0.2, 0.25) is 8.32 Å². The second-order valence-corrected chi connectivity index (χ2v) is 17.0. The Bertz CT molecular complexity index is 1060. The van der Waals surface area contributed by atoms with Gasteiger partial charge in [-0.25, -0.2) is 0 Å². The molecule has 0 bridgehead atoms. The summed E-state index contributed by atoms with van der Waals surface area (Å²) in [5.74, 6) is 1.03. The number of hydrogen-bond donors (Lipinski definition) is 0. The molecule has 0 spiro atoms. The Labute approximate surface area is 226 Å². The number of benzene rings is 2. The first-order valence-corrected chi connectivity index (χ1v) is 16.8. The van der Waals surface area contributed by atoms with Crippen LogP contribution in [-0.2, 0) is 0 Å². The van der Waals surface area contributed by atoms with E-state index in [2.05, 4.69) is 101 Å². The Hall–Kier alpha value is -2.15. The van der Waals surface area contributed by atoms with E-state index in [1.54, 1.807) is 0 Å². The summed E-state index contributed by atoms with van der Waals surface area (Å²) in [4.78, 5) is 20.6. The fraction of sp³-hybridized carbons (Fsp3) is 0.581. The minimum atomic E-state index is -1.99. The van der Waals surface area contributed by atoms with E-state index in [9.17, 15) is 4.79 Å². The van der Waals surface area contributed by atoms with E-state index >= 15 is 0 Å². The lowest BCUT2D eigenvalue weighted by atomic mass is 9.90. The van der Waals surface area contributed by atoms with Crippen molar-refractivity contribution in [1.82, 2.24) is 14.7 Å². The molecule has 3 rings (SSSR count). The molecule has 0 radical (unpaired) electrons. The molecule has 37 heavy (non-hydrogen) atoms. The molecule has 1 aliphatic heterocycles. The van der Waals surface area contributed by atoms with Crippen LogP contribution in [0.4, 0.5) is 0 Å². The predicted octanol–water partition coefficient (Wildman–Crippen LogP) is 6.67. The van der Waals surface area contributed by atoms with Gasteiger partial charge >= 0.3 is 0 Å². The van der Waals surface area contributed by atoms with E-state index < -0.39 is 8.32 Å². The SMILES string of the molecule is CCN(CC)C(=O)c1ccccc1[C@@H](c1cccc(O[Si](C)(C)C(C)(C)C)c1)N1C[C@H](C)N(C)C[C@@H]1C. The van der Waals surface area contributed by atoms with Gasteiger partial charge in [0.25, 0.3) is 5.91 Å². The fourth-order valence-corrected chi connectivity index (χ4v) is 6.07. The quantitative estimate of drug-likeness (QED) is 0.362. The maximum atomic E-state index is 13.7. The number of carbonyl (C=O) groups excluding carboxylic acids is 1. The number of hydrogen-bond acceptors (Lipinski definition) is 4. The van der Waals surface area contributed by atoms with Crippen molar-refractivity contribution in [2.75, 3.05) is 33.2 Å². The zero-order valence-electron chi connectivity index (χ0n) is 24.8. The first-order valence-electron chi connectivity index (χ1n) is 13.9. The summed E-state index contributed by atoms with van der Waals surface area (Å²) in [6.07, 6.45) is 0. The fourth-order valence-electron chi connectivity index (χ4n) is 5.04. The minimum Gasteiger partial charge on any atom is -0.543 e. The van der Waals surface area contributed by atoms with Gasteiger partial charge in [-0.05, 0) is 82.2 Å². The van der Waals surface area contributed by atoms with Gasteiger partial charge in [0.15, 0.2) is 0 Å². The maximum Gasteiger partial charge on any atom is 0.254 e. The van der Waals surface area contributed by atoms with Crippen LogP contribution in [0, 0.1) is 0 Å². The third kappa shape index (κ3) is 6.47. The van der Waals surface area contributed by atoms with E-state index in [-0.39, 0.29) is 17.0 Å². The third-order valence-corrected chi connectivity index (χ3v) is 12.9. The molecule has 0 N–H and O–H groups in total. The van der Waals surface area contributed by atoms with E-state index in [0.717, 1.165) is 30.0 Å². The summed E-state index contributed by atoms with van der Waals surface area (Å²) in [6, 6.07) is 17.6. The van der Waals surface area contributed by atoms with Crippen LogP contribution >= 0.6 is 0 Å². The van der Waals surface area contributed by atoms with E-state index in [0.29, 0.717) is 25.2 Å². The van der Waals surface area contributed by atoms with Crippen molar-refractivity contribution in [2.45, 2.75) is 84.7 Å². The molecule has 0 aliphatic carbocycles. The second kappa shape index (κ2) is 11.7. The highest BCUT2D eigenvalue weighted by Gasteiger charge is 2.40. The molecule has 1 amide bonds. The van der Waals surface area contributed by atoms with Crippen LogP contribution in [0.1, 0.15) is 76.0 Å². The number of nitrogens with zero attached hydrogens (tertiary/aromatic N) is 3. The summed E-state index contributed by atoms with van der Waals surface area (Å²) >= 11 is 0. The number of likely N-dealkylation sites (N-methyl/N-ethyl adjacent to an activating group) is 1. The van der Waals surface area contributed by atoms with Crippen LogP contribution in [0.25, 0.3) is 0 Å². The van der Waals surface area contributed by atoms with Crippen molar-refractivity contribution in [3.05, 3.63) is 65.2 Å². The number of amides is 1. The zero-order chi connectivity index (χ0) is 27.5. The summed E-state index contributed by atoms with van der Waals surface area (Å²) in [5.41, 5.74) is 3.05. The van der Waals surface area contributed by atoms with Gasteiger partial charge in [-0.2, -0.15) is 0 Å². The second-order valence-electron chi connectivity index (χ2n) is 12.2. The predicted molar refractivity (Wildman–Crippen MR) is 158 cm³/mol. The van der Waals surface area contributed by atoms with Gasteiger partial charge < -0.3 is 14.2 Å². The highest BCUT2D eigenvalue weighted by atomic mass is 28.4. The van der Waals surface area contributed by atoms with Gasteiger partial charge in [-0.1, -0.05) is 51.1 Å². The average molecular weight is 524 g/mol. The maximum absolute atomic E-state index is 13.7. The number of carbonyl (C=O) groups is 1. The van der Waals surface area contributed by atoms with Gasteiger partial charge in [0, 0.05) is 43.8 Å². The van der Waals surface area contributed by atoms with Crippen molar-refractivity contribution in [3.63, 3.8) is 0 Å². The highest BCUT2D eigenvalue weighted by Crippen LogP contribution is 2.40. The normalized spacial score (nSPS) is 20.5. The van der Waals surface area contributed by atoms with Crippen LogP contribution in [0.15, 0.2) is 48.5 Å². The molecule has 2 aromatic rings. The molecule has 1 saturated heterocycles. The molecular formula is C31H49N3O2Si. The van der Waals surface area contributed by atoms with Crippen molar-refractivity contribution >= 4 is 14.2 Å². The van der Waals surface area contributed by atoms with Crippen LogP contribution in [0.3, 0.4) is 0 Å². The number of piperazine rings is 1. The Kier molecular flexibility index (Phi) is 9.30. The smallest absolute Gasteiger partial charge is 0.254 e. The summed E-state index contributed by atoms with van der Waals surface area (Å²) in [5, 5.41) is 0.118. The van der Waals surface area contributed by atoms with Crippen molar-refractivity contribution in [3.8, 4) is 5.75 Å². The molecule has 6 heteroatoms. The monoisotopic (exact) mass is 523 g/mol. The molecule has 1 fully saturated rings. The standard InChI is InChI=1S/C31H49N3O2Si/c1-11-33(12-2)30(35)28-19-14-13-18-27(28)29(34-22-23(3)32(8)21-24(34)4)25-16-15-17-26(20-25)36-37(9,10)31(5,6)7/h13-20,23-24,29H,11-12,21-22H2,1-10H3/t23-,24-,29+/m0/s1. The molecule has 0 aromatic heterocycles. The number of rotatable bonds is 8. The minimum absolute atomic E-state index is 0.0372. The molecule has 0 unspecified atom stereocenters. The lowest BCUT2D eigenvalue weighted by molar-refractivity contribution is 0.0384. The first-order chi connectivity index (χ1) is 17.3. The molecular weight excluding hydrogens is 474 g/mol. The first kappa shape index (κ1) is 29.4. The Balaban J connectivity index is 2.15. The Morgan fingerprint density at radius 1 is 1.03 bits per heavy atom. The van der Waals surface area contributed by atoms with Crippen LogP contribution in [0.2, 0.25) is 18.1 Å². The molecule has 204 valence electrons. The molecule has 0 saturated carbocycles. The molecule has 3 atom stereocenters. The van der Waals surface area contributed by atoms with Gasteiger partial charge in [0.1, 0.15) is 5.75 Å². The topological polar surface area (TPSA) is 36.0 Å². The van der Waals surface area contributed by atoms with Crippen molar-refractivity contribution < 1.29 is 9.22 Å². The Morgan fingerprint density at radius 3 is 2.30 bits per heavy atom. The van der Waals surface area contributed by atoms with Crippen molar-refractivity contribution in [2.24, 2.45) is 0 Å². The largest absolute Gasteiger partial charge is 0.543 e. The third-order valence-electron chi connectivity index (χ3n) is 8.57. The van der Waals surface area contributed by atoms with E-state index in [4.69, 9.17) is 4.43 Å². The van der Waals surface area contributed by atoms with Crippen molar-refractivity contribution in [1.29, 1.82) is 0 Å². The van der Waals surface area contributed by atoms with Crippen LogP contribution in [-0.4, -0.2) is 74.2 Å². The van der Waals surface area contributed by atoms with Gasteiger partial charge in [-0.15, -0.1) is 0 Å². The van der Waals surface area contributed by atoms with Crippen LogP contribution < -0.4 is 4.43 Å². The van der Waals surface area contributed by atoms with E-state index in [1.807, 2.05) is 30.9 Å². The van der Waals surface area contributed by atoms with Gasteiger partial charge in [-0.3, -0.25) is 9.69 Å². The molecule has 1 heterocycles. The Morgan fingerprint density at radius 2 is 1.68 bits per heavy atom.